The van der Waals surface area contributed by atoms with E-state index in [0.29, 0.717) is 22.4 Å². The van der Waals surface area contributed by atoms with Gasteiger partial charge in [-0.25, -0.2) is 4.98 Å². The summed E-state index contributed by atoms with van der Waals surface area (Å²) >= 11 is 3.41. The van der Waals surface area contributed by atoms with Gasteiger partial charge in [0.2, 0.25) is 5.76 Å². The number of aryl methyl sites for hydroxylation is 1. The minimum absolute atomic E-state index is 0.0713. The number of halogens is 1. The quantitative estimate of drug-likeness (QED) is 0.434. The number of fused-ring (bicyclic) bond motifs is 2. The fourth-order valence-corrected chi connectivity index (χ4v) is 4.16. The number of carbonyl (C=O) groups is 1. The molecule has 1 amide bonds. The first kappa shape index (κ1) is 17.8. The lowest BCUT2D eigenvalue weighted by Gasteiger charge is -2.24. The molecule has 0 unspecified atom stereocenters. The van der Waals surface area contributed by atoms with Gasteiger partial charge in [0.25, 0.3) is 5.91 Å². The summed E-state index contributed by atoms with van der Waals surface area (Å²) in [5, 5.41) is 0.436. The first-order valence-electron chi connectivity index (χ1n) is 9.13. The van der Waals surface area contributed by atoms with Gasteiger partial charge >= 0.3 is 0 Å². The standard InChI is InChI=1S/C23H15BrN2O3/c1-13-6-5-9-18(25-13)26-20(14-7-3-2-4-8-14)19-21(27)16-12-15(24)10-11-17(16)29-22(19)23(26)28/h2-12,20H,1H3/t20-/m0/s1. The number of amides is 1. The lowest BCUT2D eigenvalue weighted by atomic mass is 9.98. The van der Waals surface area contributed by atoms with Crippen LogP contribution in [0.5, 0.6) is 0 Å². The number of carbonyl (C=O) groups excluding carboxylic acids is 1. The molecule has 6 heteroatoms. The second-order valence-corrected chi connectivity index (χ2v) is 7.86. The predicted molar refractivity (Wildman–Crippen MR) is 114 cm³/mol. The highest BCUT2D eigenvalue weighted by Crippen LogP contribution is 2.40. The van der Waals surface area contributed by atoms with Gasteiger partial charge in [-0.1, -0.05) is 52.3 Å². The van der Waals surface area contributed by atoms with Crippen molar-refractivity contribution >= 4 is 38.6 Å². The average molecular weight is 447 g/mol. The molecule has 1 aliphatic heterocycles. The maximum atomic E-state index is 13.5. The molecular formula is C23H15BrN2O3. The van der Waals surface area contributed by atoms with Gasteiger partial charge in [-0.05, 0) is 42.8 Å². The zero-order chi connectivity index (χ0) is 20.1. The summed E-state index contributed by atoms with van der Waals surface area (Å²) in [5.74, 6) is 0.191. The van der Waals surface area contributed by atoms with Gasteiger partial charge in [0.05, 0.1) is 17.0 Å². The molecule has 0 fully saturated rings. The first-order chi connectivity index (χ1) is 14.0. The third-order valence-corrected chi connectivity index (χ3v) is 5.56. The lowest BCUT2D eigenvalue weighted by Crippen LogP contribution is -2.30. The lowest BCUT2D eigenvalue weighted by molar-refractivity contribution is 0.0970. The summed E-state index contributed by atoms with van der Waals surface area (Å²) in [4.78, 5) is 32.9. The van der Waals surface area contributed by atoms with Crippen LogP contribution < -0.4 is 10.3 Å². The van der Waals surface area contributed by atoms with E-state index in [1.165, 1.54) is 0 Å². The Morgan fingerprint density at radius 2 is 1.79 bits per heavy atom. The van der Waals surface area contributed by atoms with Crippen LogP contribution in [0.25, 0.3) is 11.0 Å². The molecule has 2 aromatic heterocycles. The van der Waals surface area contributed by atoms with Gasteiger partial charge in [-0.3, -0.25) is 14.5 Å². The van der Waals surface area contributed by atoms with E-state index in [1.807, 2.05) is 49.4 Å². The molecule has 5 rings (SSSR count). The number of anilines is 1. The third kappa shape index (κ3) is 2.79. The molecule has 1 aliphatic rings. The Balaban J connectivity index is 1.84. The highest BCUT2D eigenvalue weighted by Gasteiger charge is 2.44. The van der Waals surface area contributed by atoms with Crippen LogP contribution in [-0.4, -0.2) is 10.9 Å². The van der Waals surface area contributed by atoms with Crippen molar-refractivity contribution in [3.8, 4) is 0 Å². The fourth-order valence-electron chi connectivity index (χ4n) is 3.79. The highest BCUT2D eigenvalue weighted by molar-refractivity contribution is 9.10. The van der Waals surface area contributed by atoms with E-state index in [2.05, 4.69) is 20.9 Å². The van der Waals surface area contributed by atoms with Gasteiger partial charge in [0, 0.05) is 10.2 Å². The summed E-state index contributed by atoms with van der Waals surface area (Å²) in [5.41, 5.74) is 2.13. The van der Waals surface area contributed by atoms with Crippen LogP contribution in [0.15, 0.2) is 80.4 Å². The monoisotopic (exact) mass is 446 g/mol. The molecule has 4 aromatic rings. The Hall–Kier alpha value is -3.25. The largest absolute Gasteiger partial charge is 0.450 e. The topological polar surface area (TPSA) is 63.4 Å². The van der Waals surface area contributed by atoms with E-state index < -0.39 is 6.04 Å². The second kappa shape index (κ2) is 6.67. The van der Waals surface area contributed by atoms with Crippen molar-refractivity contribution in [2.75, 3.05) is 4.90 Å². The number of aromatic nitrogens is 1. The molecule has 0 saturated heterocycles. The summed E-state index contributed by atoms with van der Waals surface area (Å²) in [7, 11) is 0. The van der Waals surface area contributed by atoms with Crippen molar-refractivity contribution in [3.05, 3.63) is 104 Å². The smallest absolute Gasteiger partial charge is 0.296 e. The van der Waals surface area contributed by atoms with E-state index in [0.717, 1.165) is 15.7 Å². The second-order valence-electron chi connectivity index (χ2n) is 6.94. The Labute approximate surface area is 174 Å². The normalized spacial score (nSPS) is 15.7. The number of rotatable bonds is 2. The summed E-state index contributed by atoms with van der Waals surface area (Å²) in [6.07, 6.45) is 0. The maximum absolute atomic E-state index is 13.5. The van der Waals surface area contributed by atoms with E-state index >= 15 is 0 Å². The first-order valence-corrected chi connectivity index (χ1v) is 9.92. The van der Waals surface area contributed by atoms with Crippen molar-refractivity contribution < 1.29 is 9.21 Å². The number of hydrogen-bond acceptors (Lipinski definition) is 4. The number of pyridine rings is 1. The van der Waals surface area contributed by atoms with Gasteiger partial charge in [0.1, 0.15) is 11.4 Å². The van der Waals surface area contributed by atoms with Crippen molar-refractivity contribution in [1.29, 1.82) is 0 Å². The van der Waals surface area contributed by atoms with Crippen molar-refractivity contribution in [2.45, 2.75) is 13.0 Å². The minimum Gasteiger partial charge on any atom is -0.450 e. The van der Waals surface area contributed by atoms with E-state index in [-0.39, 0.29) is 17.1 Å². The van der Waals surface area contributed by atoms with Crippen LogP contribution in [-0.2, 0) is 0 Å². The Morgan fingerprint density at radius 1 is 1.00 bits per heavy atom. The number of benzene rings is 2. The fraction of sp³-hybridized carbons (Fsp3) is 0.0870. The molecule has 3 heterocycles. The van der Waals surface area contributed by atoms with Gasteiger partial charge in [-0.15, -0.1) is 0 Å². The van der Waals surface area contributed by atoms with Gasteiger partial charge in [-0.2, -0.15) is 0 Å². The highest BCUT2D eigenvalue weighted by atomic mass is 79.9. The molecule has 5 nitrogen and oxygen atoms in total. The van der Waals surface area contributed by atoms with Crippen LogP contribution in [0.2, 0.25) is 0 Å². The molecule has 0 aliphatic carbocycles. The molecule has 0 saturated carbocycles. The Bertz CT molecular complexity index is 1330. The zero-order valence-corrected chi connectivity index (χ0v) is 17.0. The molecular weight excluding hydrogens is 432 g/mol. The molecule has 0 bridgehead atoms. The summed E-state index contributed by atoms with van der Waals surface area (Å²) in [6.45, 7) is 1.87. The van der Waals surface area contributed by atoms with Crippen molar-refractivity contribution in [1.82, 2.24) is 4.98 Å². The average Bonchev–Trinajstić information content (AvgIpc) is 3.02. The van der Waals surface area contributed by atoms with Gasteiger partial charge < -0.3 is 4.42 Å². The Kier molecular flexibility index (Phi) is 4.10. The SMILES string of the molecule is Cc1cccc(N2C(=O)c3oc4ccc(Br)cc4c(=O)c3[C@@H]2c2ccccc2)n1. The van der Waals surface area contributed by atoms with E-state index in [4.69, 9.17) is 4.42 Å². The molecule has 0 N–H and O–H groups in total. The third-order valence-electron chi connectivity index (χ3n) is 5.07. The zero-order valence-electron chi connectivity index (χ0n) is 15.4. The minimum atomic E-state index is -0.604. The maximum Gasteiger partial charge on any atom is 0.296 e. The summed E-state index contributed by atoms with van der Waals surface area (Å²) < 4.78 is 6.72. The van der Waals surface area contributed by atoms with Crippen molar-refractivity contribution in [2.24, 2.45) is 0 Å². The van der Waals surface area contributed by atoms with Crippen LogP contribution in [0, 0.1) is 6.92 Å². The number of hydrogen-bond donors (Lipinski definition) is 0. The summed E-state index contributed by atoms with van der Waals surface area (Å²) in [6, 6.07) is 19.6. The van der Waals surface area contributed by atoms with Crippen LogP contribution in [0.3, 0.4) is 0 Å². The van der Waals surface area contributed by atoms with E-state index in [1.54, 1.807) is 29.2 Å². The van der Waals surface area contributed by atoms with Gasteiger partial charge in [0.15, 0.2) is 5.43 Å². The Morgan fingerprint density at radius 3 is 2.55 bits per heavy atom. The van der Waals surface area contributed by atoms with Crippen LogP contribution in [0.1, 0.15) is 33.4 Å². The molecule has 142 valence electrons. The number of nitrogens with zero attached hydrogens (tertiary/aromatic N) is 2. The van der Waals surface area contributed by atoms with Crippen LogP contribution in [0.4, 0.5) is 5.82 Å². The molecule has 0 radical (unpaired) electrons. The molecule has 2 aromatic carbocycles. The van der Waals surface area contributed by atoms with E-state index in [9.17, 15) is 9.59 Å². The van der Waals surface area contributed by atoms with Crippen LogP contribution >= 0.6 is 15.9 Å². The van der Waals surface area contributed by atoms with Crippen molar-refractivity contribution in [3.63, 3.8) is 0 Å². The molecule has 1 atom stereocenters. The molecule has 0 spiro atoms. The molecule has 29 heavy (non-hydrogen) atoms. The predicted octanol–water partition coefficient (Wildman–Crippen LogP) is 5.01.